The second kappa shape index (κ2) is 4.75. The lowest BCUT2D eigenvalue weighted by atomic mass is 9.82. The first-order chi connectivity index (χ1) is 6.54. The van der Waals surface area contributed by atoms with Crippen LogP contribution in [0.1, 0.15) is 26.7 Å². The lowest BCUT2D eigenvalue weighted by molar-refractivity contribution is -0.131. The maximum atomic E-state index is 11.8. The van der Waals surface area contributed by atoms with E-state index >= 15 is 0 Å². The van der Waals surface area contributed by atoms with Gasteiger partial charge in [-0.25, -0.2) is 0 Å². The second-order valence-corrected chi connectivity index (χ2v) is 4.40. The lowest BCUT2D eigenvalue weighted by Crippen LogP contribution is -2.49. The molecule has 0 bridgehead atoms. The summed E-state index contributed by atoms with van der Waals surface area (Å²) in [6.07, 6.45) is 1.49. The Morgan fingerprint density at radius 1 is 1.71 bits per heavy atom. The molecule has 0 aromatic carbocycles. The van der Waals surface area contributed by atoms with Gasteiger partial charge in [0.2, 0.25) is 5.91 Å². The van der Waals surface area contributed by atoms with Crippen LogP contribution in [0.25, 0.3) is 0 Å². The first-order valence-electron chi connectivity index (χ1n) is 5.22. The Kier molecular flexibility index (Phi) is 3.89. The Morgan fingerprint density at radius 2 is 2.43 bits per heavy atom. The summed E-state index contributed by atoms with van der Waals surface area (Å²) in [5, 5.41) is 15.0. The maximum Gasteiger partial charge on any atom is 0.227 e. The van der Waals surface area contributed by atoms with Crippen LogP contribution in [0.5, 0.6) is 0 Å². The molecule has 14 heavy (non-hydrogen) atoms. The molecule has 1 aliphatic rings. The van der Waals surface area contributed by atoms with Gasteiger partial charge in [-0.05, 0) is 33.2 Å². The topological polar surface area (TPSA) is 61.4 Å². The molecule has 1 rings (SSSR count). The van der Waals surface area contributed by atoms with Gasteiger partial charge in [-0.1, -0.05) is 0 Å². The van der Waals surface area contributed by atoms with Crippen LogP contribution in [0.4, 0.5) is 0 Å². The molecular weight excluding hydrogens is 180 g/mol. The smallest absolute Gasteiger partial charge is 0.227 e. The predicted octanol–water partition coefficient (Wildman–Crippen LogP) is -0.127. The van der Waals surface area contributed by atoms with Crippen molar-refractivity contribution in [2.75, 3.05) is 19.6 Å². The van der Waals surface area contributed by atoms with Crippen molar-refractivity contribution in [1.82, 2.24) is 10.6 Å². The van der Waals surface area contributed by atoms with Gasteiger partial charge in [0.15, 0.2) is 0 Å². The van der Waals surface area contributed by atoms with Crippen LogP contribution in [0, 0.1) is 5.41 Å². The molecule has 0 radical (unpaired) electrons. The molecule has 1 amide bonds. The molecule has 1 fully saturated rings. The Balaban J connectivity index is 2.41. The van der Waals surface area contributed by atoms with Gasteiger partial charge in [-0.3, -0.25) is 4.79 Å². The number of rotatable bonds is 3. The van der Waals surface area contributed by atoms with Crippen LogP contribution in [0.2, 0.25) is 0 Å². The summed E-state index contributed by atoms with van der Waals surface area (Å²) in [7, 11) is 0. The first-order valence-corrected chi connectivity index (χ1v) is 5.22. The average Bonchev–Trinajstić information content (AvgIpc) is 2.15. The molecule has 4 heteroatoms. The van der Waals surface area contributed by atoms with Crippen LogP contribution >= 0.6 is 0 Å². The highest BCUT2D eigenvalue weighted by Crippen LogP contribution is 2.25. The summed E-state index contributed by atoms with van der Waals surface area (Å²) in [6.45, 7) is 5.71. The van der Waals surface area contributed by atoms with Crippen LogP contribution < -0.4 is 10.6 Å². The minimum Gasteiger partial charge on any atom is -0.392 e. The number of carbonyl (C=O) groups excluding carboxylic acids is 1. The molecule has 2 atom stereocenters. The van der Waals surface area contributed by atoms with Crippen LogP contribution in [0.15, 0.2) is 0 Å². The highest BCUT2D eigenvalue weighted by atomic mass is 16.3. The van der Waals surface area contributed by atoms with Gasteiger partial charge in [0.25, 0.3) is 0 Å². The van der Waals surface area contributed by atoms with Crippen molar-refractivity contribution in [1.29, 1.82) is 0 Å². The molecule has 0 spiro atoms. The fourth-order valence-corrected chi connectivity index (χ4v) is 1.70. The third-order valence-electron chi connectivity index (χ3n) is 2.70. The van der Waals surface area contributed by atoms with E-state index in [0.29, 0.717) is 6.54 Å². The average molecular weight is 200 g/mol. The Bertz CT molecular complexity index is 198. The molecule has 82 valence electrons. The van der Waals surface area contributed by atoms with Crippen molar-refractivity contribution < 1.29 is 9.90 Å². The zero-order chi connectivity index (χ0) is 10.6. The third-order valence-corrected chi connectivity index (χ3v) is 2.70. The molecule has 0 aliphatic carbocycles. The molecule has 4 nitrogen and oxygen atoms in total. The van der Waals surface area contributed by atoms with E-state index in [1.54, 1.807) is 6.92 Å². The molecule has 1 aliphatic heterocycles. The molecule has 0 saturated carbocycles. The van der Waals surface area contributed by atoms with Crippen LogP contribution in [-0.2, 0) is 4.79 Å². The molecule has 1 saturated heterocycles. The summed E-state index contributed by atoms with van der Waals surface area (Å²) < 4.78 is 0. The molecule has 0 aromatic rings. The molecule has 3 N–H and O–H groups in total. The number of carbonyl (C=O) groups is 1. The van der Waals surface area contributed by atoms with E-state index in [4.69, 9.17) is 5.11 Å². The zero-order valence-corrected chi connectivity index (χ0v) is 8.97. The van der Waals surface area contributed by atoms with Gasteiger partial charge in [-0.15, -0.1) is 0 Å². The number of hydrogen-bond donors (Lipinski definition) is 3. The summed E-state index contributed by atoms with van der Waals surface area (Å²) in [5.74, 6) is 0.0469. The predicted molar refractivity (Wildman–Crippen MR) is 54.9 cm³/mol. The fraction of sp³-hybridized carbons (Fsp3) is 0.900. The van der Waals surface area contributed by atoms with Crippen molar-refractivity contribution in [3.05, 3.63) is 0 Å². The van der Waals surface area contributed by atoms with Crippen molar-refractivity contribution in [3.63, 3.8) is 0 Å². The van der Waals surface area contributed by atoms with E-state index in [1.807, 2.05) is 6.92 Å². The maximum absolute atomic E-state index is 11.8. The monoisotopic (exact) mass is 200 g/mol. The van der Waals surface area contributed by atoms with E-state index in [9.17, 15) is 4.79 Å². The Morgan fingerprint density at radius 3 is 2.93 bits per heavy atom. The van der Waals surface area contributed by atoms with Crippen molar-refractivity contribution in [2.24, 2.45) is 5.41 Å². The summed E-state index contributed by atoms with van der Waals surface area (Å²) in [5.41, 5.74) is -0.298. The van der Waals surface area contributed by atoms with Crippen LogP contribution in [-0.4, -0.2) is 36.8 Å². The van der Waals surface area contributed by atoms with E-state index in [0.717, 1.165) is 25.9 Å². The Hall–Kier alpha value is -0.610. The van der Waals surface area contributed by atoms with Gasteiger partial charge in [0.05, 0.1) is 11.5 Å². The third kappa shape index (κ3) is 2.96. The lowest BCUT2D eigenvalue weighted by Gasteiger charge is -2.32. The number of hydrogen-bond acceptors (Lipinski definition) is 3. The zero-order valence-electron chi connectivity index (χ0n) is 8.97. The molecular formula is C10H20N2O2. The summed E-state index contributed by atoms with van der Waals surface area (Å²) >= 11 is 0. The molecule has 1 heterocycles. The van der Waals surface area contributed by atoms with E-state index < -0.39 is 6.10 Å². The molecule has 0 aromatic heterocycles. The highest BCUT2D eigenvalue weighted by Gasteiger charge is 2.34. The Labute approximate surface area is 85.1 Å². The van der Waals surface area contributed by atoms with E-state index in [2.05, 4.69) is 10.6 Å². The molecule has 2 unspecified atom stereocenters. The van der Waals surface area contributed by atoms with Crippen LogP contribution in [0.3, 0.4) is 0 Å². The summed E-state index contributed by atoms with van der Waals surface area (Å²) in [4.78, 5) is 11.8. The highest BCUT2D eigenvalue weighted by molar-refractivity contribution is 5.82. The largest absolute Gasteiger partial charge is 0.392 e. The van der Waals surface area contributed by atoms with Gasteiger partial charge in [-0.2, -0.15) is 0 Å². The number of piperidine rings is 1. The van der Waals surface area contributed by atoms with Crippen molar-refractivity contribution in [3.8, 4) is 0 Å². The van der Waals surface area contributed by atoms with Crippen molar-refractivity contribution >= 4 is 5.91 Å². The standard InChI is InChI=1S/C10H20N2O2/c1-8(13)6-12-9(14)10(2)4-3-5-11-7-10/h8,11,13H,3-7H2,1-2H3,(H,12,14). The van der Waals surface area contributed by atoms with Gasteiger partial charge in [0.1, 0.15) is 0 Å². The minimum absolute atomic E-state index is 0.0469. The number of aliphatic hydroxyl groups excluding tert-OH is 1. The number of amides is 1. The minimum atomic E-state index is -0.473. The van der Waals surface area contributed by atoms with Gasteiger partial charge >= 0.3 is 0 Å². The van der Waals surface area contributed by atoms with E-state index in [1.165, 1.54) is 0 Å². The summed E-state index contributed by atoms with van der Waals surface area (Å²) in [6, 6.07) is 0. The second-order valence-electron chi connectivity index (χ2n) is 4.40. The SMILES string of the molecule is CC(O)CNC(=O)C1(C)CCCNC1. The van der Waals surface area contributed by atoms with E-state index in [-0.39, 0.29) is 11.3 Å². The number of nitrogens with one attached hydrogen (secondary N) is 2. The first kappa shape index (κ1) is 11.5. The van der Waals surface area contributed by atoms with Gasteiger partial charge < -0.3 is 15.7 Å². The quantitative estimate of drug-likeness (QED) is 0.595. The van der Waals surface area contributed by atoms with Gasteiger partial charge in [0, 0.05) is 13.1 Å². The normalized spacial score (nSPS) is 29.6. The number of aliphatic hydroxyl groups is 1. The fourth-order valence-electron chi connectivity index (χ4n) is 1.70. The van der Waals surface area contributed by atoms with Crippen molar-refractivity contribution in [2.45, 2.75) is 32.8 Å².